The number of carboxylic acid groups (broad SMARTS) is 1. The largest absolute Gasteiger partial charge is 0.487 e. The quantitative estimate of drug-likeness (QED) is 0.227. The second kappa shape index (κ2) is 17.0. The van der Waals surface area contributed by atoms with E-state index in [4.69, 9.17) is 4.74 Å². The molecule has 15 heteroatoms. The van der Waals surface area contributed by atoms with Crippen molar-refractivity contribution >= 4 is 29.6 Å². The number of rotatable bonds is 8. The zero-order valence-corrected chi connectivity index (χ0v) is 30.1. The maximum absolute atomic E-state index is 14.7. The first-order valence-electron chi connectivity index (χ1n) is 18.4. The molecule has 5 N–H and O–H groups in total. The van der Waals surface area contributed by atoms with Gasteiger partial charge >= 0.3 is 5.97 Å². The second-order valence-corrected chi connectivity index (χ2v) is 14.3. The van der Waals surface area contributed by atoms with Gasteiger partial charge in [0, 0.05) is 25.8 Å². The molecule has 2 aromatic carbocycles. The molecule has 1 saturated carbocycles. The molecule has 3 aliphatic heterocycles. The van der Waals surface area contributed by atoms with Crippen molar-refractivity contribution in [2.75, 3.05) is 13.6 Å². The van der Waals surface area contributed by atoms with E-state index in [1.165, 1.54) is 4.90 Å². The normalized spacial score (nSPS) is 23.7. The van der Waals surface area contributed by atoms with Crippen molar-refractivity contribution < 1.29 is 33.8 Å². The van der Waals surface area contributed by atoms with Crippen molar-refractivity contribution in [3.8, 4) is 5.75 Å². The number of nitrogens with one attached hydrogen (secondary N) is 4. The van der Waals surface area contributed by atoms with Gasteiger partial charge in [0.05, 0.1) is 18.3 Å². The number of aliphatic carboxylic acids is 1. The van der Waals surface area contributed by atoms with Crippen LogP contribution in [0.25, 0.3) is 0 Å². The highest BCUT2D eigenvalue weighted by atomic mass is 16.5. The number of aromatic nitrogens is 3. The molecule has 4 aliphatic rings. The Kier molecular flexibility index (Phi) is 12.0. The predicted molar refractivity (Wildman–Crippen MR) is 192 cm³/mol. The first-order valence-corrected chi connectivity index (χ1v) is 18.4. The van der Waals surface area contributed by atoms with Crippen molar-refractivity contribution in [3.63, 3.8) is 0 Å². The first-order chi connectivity index (χ1) is 25.6. The minimum Gasteiger partial charge on any atom is -0.487 e. The molecule has 53 heavy (non-hydrogen) atoms. The van der Waals surface area contributed by atoms with Crippen LogP contribution >= 0.6 is 0 Å². The molecule has 1 aromatic heterocycles. The third-order valence-corrected chi connectivity index (χ3v) is 10.6. The average molecular weight is 729 g/mol. The summed E-state index contributed by atoms with van der Waals surface area (Å²) < 4.78 is 7.56. The van der Waals surface area contributed by atoms with Crippen LogP contribution in [0.4, 0.5) is 0 Å². The number of amides is 4. The second-order valence-electron chi connectivity index (χ2n) is 14.3. The highest BCUT2D eigenvalue weighted by Gasteiger charge is 2.46. The van der Waals surface area contributed by atoms with Crippen molar-refractivity contribution in [3.05, 3.63) is 77.6 Å². The number of carbonyl (C=O) groups excluding carboxylic acids is 4. The van der Waals surface area contributed by atoms with Crippen molar-refractivity contribution in [1.29, 1.82) is 0 Å². The Bertz CT molecular complexity index is 1760. The summed E-state index contributed by atoms with van der Waals surface area (Å²) in [7, 11) is 1.67. The molecule has 15 nitrogen and oxygen atoms in total. The minimum atomic E-state index is -1.28. The molecule has 4 heterocycles. The number of hydrogen-bond acceptors (Lipinski definition) is 9. The Hall–Kier alpha value is -5.31. The van der Waals surface area contributed by atoms with E-state index in [0.29, 0.717) is 17.0 Å². The van der Waals surface area contributed by atoms with Crippen LogP contribution in [0.5, 0.6) is 5.75 Å². The van der Waals surface area contributed by atoms with Gasteiger partial charge in [-0.25, -0.2) is 9.48 Å². The molecule has 4 amide bonds. The molecule has 1 aliphatic carbocycles. The number of likely N-dealkylation sites (N-methyl/N-ethyl adjacent to an activating group) is 1. The number of carbonyl (C=O) groups is 5. The molecule has 2 fully saturated rings. The van der Waals surface area contributed by atoms with Crippen LogP contribution in [-0.2, 0) is 43.4 Å². The molecule has 0 radical (unpaired) electrons. The summed E-state index contributed by atoms with van der Waals surface area (Å²) in [6.07, 6.45) is 6.40. The lowest BCUT2D eigenvalue weighted by Crippen LogP contribution is -2.60. The Morgan fingerprint density at radius 2 is 1.74 bits per heavy atom. The Morgan fingerprint density at radius 1 is 1.00 bits per heavy atom. The first kappa shape index (κ1) is 37.4. The number of fused-ring (bicyclic) bond motifs is 9. The van der Waals surface area contributed by atoms with Gasteiger partial charge in [0.2, 0.25) is 23.6 Å². The van der Waals surface area contributed by atoms with Crippen LogP contribution in [0.15, 0.2) is 60.8 Å². The smallest absolute Gasteiger partial charge is 0.326 e. The Morgan fingerprint density at radius 3 is 2.43 bits per heavy atom. The summed E-state index contributed by atoms with van der Waals surface area (Å²) in [6, 6.07) is 10.7. The number of hydrogen-bond donors (Lipinski definition) is 5. The molecule has 0 spiro atoms. The van der Waals surface area contributed by atoms with E-state index in [0.717, 1.165) is 37.7 Å². The highest BCUT2D eigenvalue weighted by molar-refractivity contribution is 5.96. The van der Waals surface area contributed by atoms with E-state index in [2.05, 4.69) is 31.6 Å². The van der Waals surface area contributed by atoms with Gasteiger partial charge in [-0.1, -0.05) is 66.9 Å². The van der Waals surface area contributed by atoms with Crippen LogP contribution in [0.1, 0.15) is 68.3 Å². The molecule has 3 aromatic rings. The average Bonchev–Trinajstić information content (AvgIpc) is 3.84. The van der Waals surface area contributed by atoms with Crippen LogP contribution < -0.4 is 26.0 Å². The van der Waals surface area contributed by atoms with E-state index in [-0.39, 0.29) is 50.1 Å². The Labute approximate surface area is 308 Å². The van der Waals surface area contributed by atoms with E-state index in [1.54, 1.807) is 49.1 Å². The summed E-state index contributed by atoms with van der Waals surface area (Å²) in [4.78, 5) is 70.2. The summed E-state index contributed by atoms with van der Waals surface area (Å²) in [6.45, 7) is 1.93. The number of likely N-dealkylation sites (tertiary alicyclic amines) is 1. The molecular formula is C38H48N8O7. The van der Waals surface area contributed by atoms with Gasteiger partial charge in [0.1, 0.15) is 42.2 Å². The monoisotopic (exact) mass is 728 g/mol. The molecule has 6 atom stereocenters. The van der Waals surface area contributed by atoms with Crippen LogP contribution in [0, 0.1) is 5.92 Å². The van der Waals surface area contributed by atoms with Crippen LogP contribution in [0.3, 0.4) is 0 Å². The maximum atomic E-state index is 14.7. The standard InChI is InChI=1S/C38H48N8O7/c1-23(39-2)34(47)42-33(26-11-7-4-8-12-26)37(50)45-21-28-19-32(45)36(49)40-30(17-24-9-5-3-6-10-24)35(48)41-31(38(51)52)18-25-13-15-29(16-14-25)53-22-27-20-46(28)44-43-27/h3,5-6,9-10,13-16,20,23,26,28,30-33,39H,4,7-8,11-12,17-19,21-22H2,1-2H3,(H,40,49)(H,41,48)(H,42,47)(H,51,52)/t23-,28-,30-,31-,32-,33-/m0/s1. The zero-order chi connectivity index (χ0) is 37.5. The molecule has 7 rings (SSSR count). The lowest BCUT2D eigenvalue weighted by atomic mass is 9.83. The third-order valence-electron chi connectivity index (χ3n) is 10.6. The zero-order valence-electron chi connectivity index (χ0n) is 30.1. The fourth-order valence-electron chi connectivity index (χ4n) is 7.41. The summed E-state index contributed by atoms with van der Waals surface area (Å²) in [5.74, 6) is -2.73. The number of nitrogens with zero attached hydrogens (tertiary/aromatic N) is 4. The van der Waals surface area contributed by atoms with Crippen molar-refractivity contribution in [2.45, 2.75) is 101 Å². The predicted octanol–water partition coefficient (Wildman–Crippen LogP) is 1.53. The van der Waals surface area contributed by atoms with Crippen molar-refractivity contribution in [2.24, 2.45) is 5.92 Å². The van der Waals surface area contributed by atoms with Gasteiger partial charge in [-0.05, 0) is 56.0 Å². The lowest BCUT2D eigenvalue weighted by Gasteiger charge is -2.35. The van der Waals surface area contributed by atoms with Gasteiger partial charge in [-0.2, -0.15) is 0 Å². The number of benzene rings is 2. The van der Waals surface area contributed by atoms with Gasteiger partial charge < -0.3 is 36.0 Å². The summed E-state index contributed by atoms with van der Waals surface area (Å²) in [5, 5.41) is 30.2. The Balaban J connectivity index is 1.36. The summed E-state index contributed by atoms with van der Waals surface area (Å²) in [5.41, 5.74) is 1.95. The molecular weight excluding hydrogens is 680 g/mol. The molecule has 0 unspecified atom stereocenters. The van der Waals surface area contributed by atoms with Crippen molar-refractivity contribution in [1.82, 2.24) is 41.2 Å². The highest BCUT2D eigenvalue weighted by Crippen LogP contribution is 2.32. The van der Waals surface area contributed by atoms with Gasteiger partial charge in [0.15, 0.2) is 0 Å². The third kappa shape index (κ3) is 9.20. The number of carboxylic acids is 1. The fraction of sp³-hybridized carbons (Fsp3) is 0.500. The van der Waals surface area contributed by atoms with E-state index in [1.807, 2.05) is 30.3 Å². The minimum absolute atomic E-state index is 0.00525. The van der Waals surface area contributed by atoms with Gasteiger partial charge in [-0.15, -0.1) is 5.10 Å². The fourth-order valence-corrected chi connectivity index (χ4v) is 7.41. The maximum Gasteiger partial charge on any atom is 0.326 e. The molecule has 282 valence electrons. The number of ether oxygens (including phenoxy) is 1. The lowest BCUT2D eigenvalue weighted by molar-refractivity contribution is -0.144. The SMILES string of the molecule is CN[C@@H](C)C(=O)N[C@H](C(=O)N1C[C@@H]2C[C@H]1C(=O)N[C@@H](Cc1ccccc1)C(=O)N[C@H](C(=O)O)Cc1ccc(cc1)OCc1cn2nn1)C1CCCCC1. The van der Waals surface area contributed by atoms with Crippen LogP contribution in [0.2, 0.25) is 0 Å². The van der Waals surface area contributed by atoms with E-state index in [9.17, 15) is 29.1 Å². The molecule has 6 bridgehead atoms. The van der Waals surface area contributed by atoms with Crippen LogP contribution in [-0.4, -0.2) is 98.4 Å². The topological polar surface area (TPSA) is 197 Å². The summed E-state index contributed by atoms with van der Waals surface area (Å²) >= 11 is 0. The van der Waals surface area contributed by atoms with E-state index >= 15 is 0 Å². The van der Waals surface area contributed by atoms with E-state index < -0.39 is 54.0 Å². The van der Waals surface area contributed by atoms with Gasteiger partial charge in [-0.3, -0.25) is 19.2 Å². The van der Waals surface area contributed by atoms with Gasteiger partial charge in [0.25, 0.3) is 0 Å². The molecule has 1 saturated heterocycles.